The molecule has 3 rings (SSSR count). The Kier molecular flexibility index (Phi) is 3.81. The molecule has 2 nitrogen and oxygen atoms in total. The number of carbonyl (C=O) groups excluding carboxylic acids is 1. The van der Waals surface area contributed by atoms with Crippen LogP contribution in [0.5, 0.6) is 0 Å². The average molecular weight is 351 g/mol. The number of amides is 1. The summed E-state index contributed by atoms with van der Waals surface area (Å²) in [7, 11) is 0. The van der Waals surface area contributed by atoms with Crippen LogP contribution in [-0.4, -0.2) is 10.7 Å². The van der Waals surface area contributed by atoms with E-state index in [4.69, 9.17) is 11.6 Å². The molecule has 1 amide bonds. The molecule has 4 heteroatoms. The molecule has 1 aliphatic heterocycles. The minimum absolute atomic E-state index is 0.00740. The SMILES string of the molecule is O=C1Nc2ccc(Cl)cc2C(c2ccccc2)CC1Br. The van der Waals surface area contributed by atoms with Crippen LogP contribution in [0.4, 0.5) is 5.69 Å². The molecule has 0 aliphatic carbocycles. The van der Waals surface area contributed by atoms with Gasteiger partial charge >= 0.3 is 0 Å². The molecule has 20 heavy (non-hydrogen) atoms. The topological polar surface area (TPSA) is 29.1 Å². The summed E-state index contributed by atoms with van der Waals surface area (Å²) in [5.41, 5.74) is 3.10. The van der Waals surface area contributed by atoms with Crippen molar-refractivity contribution in [3.8, 4) is 0 Å². The van der Waals surface area contributed by atoms with Crippen LogP contribution in [0.25, 0.3) is 0 Å². The summed E-state index contributed by atoms with van der Waals surface area (Å²) in [5, 5.41) is 3.64. The number of anilines is 1. The van der Waals surface area contributed by atoms with Gasteiger partial charge in [0, 0.05) is 16.6 Å². The van der Waals surface area contributed by atoms with E-state index >= 15 is 0 Å². The van der Waals surface area contributed by atoms with Crippen LogP contribution < -0.4 is 5.32 Å². The number of carbonyl (C=O) groups is 1. The normalized spacial score (nSPS) is 21.8. The van der Waals surface area contributed by atoms with Gasteiger partial charge < -0.3 is 5.32 Å². The first-order valence-corrected chi connectivity index (χ1v) is 7.74. The van der Waals surface area contributed by atoms with Crippen LogP contribution in [0.1, 0.15) is 23.5 Å². The fourth-order valence-corrected chi connectivity index (χ4v) is 3.26. The van der Waals surface area contributed by atoms with Crippen molar-refractivity contribution in [2.45, 2.75) is 17.2 Å². The summed E-state index contributed by atoms with van der Waals surface area (Å²) in [4.78, 5) is 11.8. The molecule has 2 aromatic carbocycles. The van der Waals surface area contributed by atoms with Crippen molar-refractivity contribution in [3.63, 3.8) is 0 Å². The predicted octanol–water partition coefficient (Wildman–Crippen LogP) is 4.58. The van der Waals surface area contributed by atoms with E-state index in [1.807, 2.05) is 30.3 Å². The number of benzene rings is 2. The van der Waals surface area contributed by atoms with E-state index in [1.165, 1.54) is 5.56 Å². The van der Waals surface area contributed by atoms with Crippen molar-refractivity contribution in [3.05, 3.63) is 64.7 Å². The van der Waals surface area contributed by atoms with Crippen molar-refractivity contribution in [2.24, 2.45) is 0 Å². The lowest BCUT2D eigenvalue weighted by atomic mass is 9.87. The Balaban J connectivity index is 2.13. The minimum atomic E-state index is -0.209. The van der Waals surface area contributed by atoms with Crippen LogP contribution >= 0.6 is 27.5 Å². The highest BCUT2D eigenvalue weighted by Gasteiger charge is 2.29. The second-order valence-corrected chi connectivity index (χ2v) is 6.43. The van der Waals surface area contributed by atoms with Gasteiger partial charge in [0.05, 0.1) is 4.83 Å². The molecule has 0 spiro atoms. The van der Waals surface area contributed by atoms with Crippen molar-refractivity contribution in [2.75, 3.05) is 5.32 Å². The van der Waals surface area contributed by atoms with Crippen molar-refractivity contribution >= 4 is 39.1 Å². The van der Waals surface area contributed by atoms with Crippen molar-refractivity contribution in [1.82, 2.24) is 0 Å². The maximum absolute atomic E-state index is 12.0. The van der Waals surface area contributed by atoms with Crippen LogP contribution in [-0.2, 0) is 4.79 Å². The highest BCUT2D eigenvalue weighted by molar-refractivity contribution is 9.10. The number of alkyl halides is 1. The van der Waals surface area contributed by atoms with Gasteiger partial charge in [0.2, 0.25) is 5.91 Å². The molecule has 0 aromatic heterocycles. The highest BCUT2D eigenvalue weighted by atomic mass is 79.9. The van der Waals surface area contributed by atoms with Crippen LogP contribution in [0, 0.1) is 0 Å². The molecular formula is C16H13BrClNO. The highest BCUT2D eigenvalue weighted by Crippen LogP contribution is 2.39. The number of rotatable bonds is 1. The third kappa shape index (κ3) is 2.60. The van der Waals surface area contributed by atoms with Crippen LogP contribution in [0.15, 0.2) is 48.5 Å². The van der Waals surface area contributed by atoms with Crippen LogP contribution in [0.2, 0.25) is 5.02 Å². The van der Waals surface area contributed by atoms with E-state index in [9.17, 15) is 4.79 Å². The Labute approximate surface area is 131 Å². The summed E-state index contributed by atoms with van der Waals surface area (Å²) in [6, 6.07) is 15.8. The fourth-order valence-electron chi connectivity index (χ4n) is 2.59. The molecule has 2 atom stereocenters. The van der Waals surface area contributed by atoms with Gasteiger partial charge in [-0.25, -0.2) is 0 Å². The first-order chi connectivity index (χ1) is 9.65. The van der Waals surface area contributed by atoms with Crippen LogP contribution in [0.3, 0.4) is 0 Å². The lowest BCUT2D eigenvalue weighted by molar-refractivity contribution is -0.115. The summed E-state index contributed by atoms with van der Waals surface area (Å²) in [6.45, 7) is 0. The molecule has 1 heterocycles. The van der Waals surface area contributed by atoms with Gasteiger partial charge in [-0.05, 0) is 35.7 Å². The van der Waals surface area contributed by atoms with E-state index in [0.717, 1.165) is 11.3 Å². The molecule has 102 valence electrons. The van der Waals surface area contributed by atoms with E-state index in [-0.39, 0.29) is 16.7 Å². The summed E-state index contributed by atoms with van der Waals surface area (Å²) in [6.07, 6.45) is 0.711. The number of fused-ring (bicyclic) bond motifs is 1. The van der Waals surface area contributed by atoms with Crippen molar-refractivity contribution in [1.29, 1.82) is 0 Å². The van der Waals surface area contributed by atoms with Gasteiger partial charge in [-0.2, -0.15) is 0 Å². The summed E-state index contributed by atoms with van der Waals surface area (Å²) < 4.78 is 0. The summed E-state index contributed by atoms with van der Waals surface area (Å²) >= 11 is 9.60. The molecule has 0 saturated heterocycles. The Morgan fingerprint density at radius 2 is 1.90 bits per heavy atom. The van der Waals surface area contributed by atoms with E-state index in [1.54, 1.807) is 6.07 Å². The quantitative estimate of drug-likeness (QED) is 0.750. The molecule has 0 bridgehead atoms. The average Bonchev–Trinajstić information content (AvgIpc) is 2.58. The first-order valence-electron chi connectivity index (χ1n) is 6.44. The largest absolute Gasteiger partial charge is 0.325 e. The summed E-state index contributed by atoms with van der Waals surface area (Å²) in [5.74, 6) is 0.139. The molecule has 0 radical (unpaired) electrons. The smallest absolute Gasteiger partial charge is 0.238 e. The molecule has 2 unspecified atom stereocenters. The standard InChI is InChI=1S/C16H13BrClNO/c17-14-9-12(10-4-2-1-3-5-10)13-8-11(18)6-7-15(13)19-16(14)20/h1-8,12,14H,9H2,(H,19,20). The molecular weight excluding hydrogens is 338 g/mol. The first kappa shape index (κ1) is 13.7. The monoisotopic (exact) mass is 349 g/mol. The van der Waals surface area contributed by atoms with Gasteiger partial charge in [-0.1, -0.05) is 57.9 Å². The lowest BCUT2D eigenvalue weighted by Gasteiger charge is -2.18. The molecule has 1 aliphatic rings. The maximum atomic E-state index is 12.0. The minimum Gasteiger partial charge on any atom is -0.325 e. The zero-order valence-electron chi connectivity index (χ0n) is 10.6. The third-order valence-electron chi connectivity index (χ3n) is 3.58. The second kappa shape index (κ2) is 5.58. The van der Waals surface area contributed by atoms with E-state index < -0.39 is 0 Å². The van der Waals surface area contributed by atoms with Gasteiger partial charge in [0.15, 0.2) is 0 Å². The lowest BCUT2D eigenvalue weighted by Crippen LogP contribution is -2.21. The predicted molar refractivity (Wildman–Crippen MR) is 85.7 cm³/mol. The zero-order valence-corrected chi connectivity index (χ0v) is 13.0. The Morgan fingerprint density at radius 3 is 2.65 bits per heavy atom. The zero-order chi connectivity index (χ0) is 14.1. The van der Waals surface area contributed by atoms with Crippen molar-refractivity contribution < 1.29 is 4.79 Å². The third-order valence-corrected chi connectivity index (χ3v) is 4.60. The Bertz CT molecular complexity index is 644. The van der Waals surface area contributed by atoms with Gasteiger partial charge in [-0.15, -0.1) is 0 Å². The second-order valence-electron chi connectivity index (χ2n) is 4.89. The van der Waals surface area contributed by atoms with Gasteiger partial charge in [-0.3, -0.25) is 4.79 Å². The van der Waals surface area contributed by atoms with E-state index in [2.05, 4.69) is 33.4 Å². The molecule has 0 saturated carbocycles. The Morgan fingerprint density at radius 1 is 1.15 bits per heavy atom. The van der Waals surface area contributed by atoms with E-state index in [0.29, 0.717) is 11.4 Å². The Hall–Kier alpha value is -1.32. The number of halogens is 2. The molecule has 2 aromatic rings. The van der Waals surface area contributed by atoms with Gasteiger partial charge in [0.1, 0.15) is 0 Å². The number of nitrogens with one attached hydrogen (secondary N) is 1. The van der Waals surface area contributed by atoms with Gasteiger partial charge in [0.25, 0.3) is 0 Å². The fraction of sp³-hybridized carbons (Fsp3) is 0.188. The molecule has 0 fully saturated rings. The number of hydrogen-bond acceptors (Lipinski definition) is 1. The molecule has 1 N–H and O–H groups in total. The maximum Gasteiger partial charge on any atom is 0.238 e. The number of hydrogen-bond donors (Lipinski definition) is 1.